The van der Waals surface area contributed by atoms with Crippen LogP contribution in [0.4, 0.5) is 0 Å². The van der Waals surface area contributed by atoms with E-state index in [1.54, 1.807) is 0 Å². The van der Waals surface area contributed by atoms with E-state index >= 15 is 0 Å². The van der Waals surface area contributed by atoms with E-state index in [4.69, 9.17) is 0 Å². The number of aliphatic hydroxyl groups excluding tert-OH is 1. The van der Waals surface area contributed by atoms with Crippen molar-refractivity contribution in [3.8, 4) is 0 Å². The summed E-state index contributed by atoms with van der Waals surface area (Å²) in [5.41, 5.74) is 3.86. The van der Waals surface area contributed by atoms with Crippen LogP contribution in [-0.2, 0) is 12.1 Å². The van der Waals surface area contributed by atoms with Crippen molar-refractivity contribution >= 4 is 0 Å². The molecule has 2 rings (SSSR count). The minimum absolute atomic E-state index is 0.0486. The number of aliphatic hydroxyl groups is 1. The summed E-state index contributed by atoms with van der Waals surface area (Å²) in [5, 5.41) is 20.3. The molecular weight excluding hydrogens is 238 g/mol. The molecule has 1 atom stereocenters. The number of aromatic nitrogens is 2. The Morgan fingerprint density at radius 2 is 1.95 bits per heavy atom. The lowest BCUT2D eigenvalue weighted by Gasteiger charge is -2.29. The van der Waals surface area contributed by atoms with Crippen molar-refractivity contribution in [1.82, 2.24) is 15.5 Å². The highest BCUT2D eigenvalue weighted by atomic mass is 16.3. The average Bonchev–Trinajstić information content (AvgIpc) is 2.76. The lowest BCUT2D eigenvalue weighted by atomic mass is 9.92. The number of hydrogen-bond acceptors (Lipinski definition) is 3. The quantitative estimate of drug-likeness (QED) is 0.770. The zero-order valence-corrected chi connectivity index (χ0v) is 11.7. The molecule has 19 heavy (non-hydrogen) atoms. The van der Waals surface area contributed by atoms with Gasteiger partial charge < -0.3 is 10.4 Å². The Morgan fingerprint density at radius 1 is 1.26 bits per heavy atom. The molecule has 0 aliphatic carbocycles. The molecule has 0 saturated heterocycles. The Labute approximate surface area is 113 Å². The van der Waals surface area contributed by atoms with Gasteiger partial charge in [0, 0.05) is 17.8 Å². The van der Waals surface area contributed by atoms with Gasteiger partial charge in [-0.15, -0.1) is 0 Å². The van der Waals surface area contributed by atoms with Gasteiger partial charge in [-0.05, 0) is 26.3 Å². The van der Waals surface area contributed by atoms with Gasteiger partial charge in [0.05, 0.1) is 17.8 Å². The van der Waals surface area contributed by atoms with Crippen LogP contribution in [-0.4, -0.2) is 21.9 Å². The second-order valence-electron chi connectivity index (χ2n) is 5.12. The van der Waals surface area contributed by atoms with Crippen LogP contribution < -0.4 is 5.32 Å². The maximum Gasteiger partial charge on any atom is 0.0652 e. The smallest absolute Gasteiger partial charge is 0.0652 e. The fourth-order valence-electron chi connectivity index (χ4n) is 2.17. The number of nitrogens with one attached hydrogen (secondary N) is 2. The van der Waals surface area contributed by atoms with Crippen LogP contribution in [0.25, 0.3) is 0 Å². The fraction of sp³-hybridized carbons (Fsp3) is 0.400. The third-order valence-corrected chi connectivity index (χ3v) is 3.66. The minimum atomic E-state index is -0.447. The molecule has 2 aromatic rings. The van der Waals surface area contributed by atoms with Gasteiger partial charge in [-0.3, -0.25) is 5.10 Å². The Morgan fingerprint density at radius 3 is 2.47 bits per heavy atom. The van der Waals surface area contributed by atoms with Crippen molar-refractivity contribution in [1.29, 1.82) is 0 Å². The van der Waals surface area contributed by atoms with Crippen LogP contribution in [0.2, 0.25) is 0 Å². The van der Waals surface area contributed by atoms with Crippen LogP contribution in [0.1, 0.15) is 29.4 Å². The first kappa shape index (κ1) is 13.8. The zero-order chi connectivity index (χ0) is 13.9. The monoisotopic (exact) mass is 259 g/mol. The number of aryl methyl sites for hydroxylation is 2. The predicted molar refractivity (Wildman–Crippen MR) is 75.8 cm³/mol. The molecular formula is C15H21N3O. The van der Waals surface area contributed by atoms with Gasteiger partial charge in [0.25, 0.3) is 0 Å². The minimum Gasteiger partial charge on any atom is -0.394 e. The topological polar surface area (TPSA) is 60.9 Å². The van der Waals surface area contributed by atoms with E-state index in [1.807, 2.05) is 51.1 Å². The molecule has 0 fully saturated rings. The number of nitrogens with zero attached hydrogens (tertiary/aromatic N) is 1. The van der Waals surface area contributed by atoms with Gasteiger partial charge in [-0.1, -0.05) is 30.3 Å². The Balaban J connectivity index is 2.16. The van der Waals surface area contributed by atoms with Crippen LogP contribution in [0.15, 0.2) is 30.3 Å². The van der Waals surface area contributed by atoms with Gasteiger partial charge in [-0.25, -0.2) is 0 Å². The van der Waals surface area contributed by atoms with Gasteiger partial charge >= 0.3 is 0 Å². The van der Waals surface area contributed by atoms with Gasteiger partial charge in [-0.2, -0.15) is 5.10 Å². The third kappa shape index (κ3) is 2.85. The van der Waals surface area contributed by atoms with Crippen molar-refractivity contribution in [2.45, 2.75) is 32.9 Å². The Hall–Kier alpha value is -1.65. The lowest BCUT2D eigenvalue weighted by Crippen LogP contribution is -2.42. The van der Waals surface area contributed by atoms with Crippen molar-refractivity contribution < 1.29 is 5.11 Å². The van der Waals surface area contributed by atoms with Gasteiger partial charge in [0.2, 0.25) is 0 Å². The fourth-order valence-corrected chi connectivity index (χ4v) is 2.17. The van der Waals surface area contributed by atoms with Crippen molar-refractivity contribution in [3.63, 3.8) is 0 Å². The highest BCUT2D eigenvalue weighted by Crippen LogP contribution is 2.21. The number of benzene rings is 1. The molecule has 4 heteroatoms. The van der Waals surface area contributed by atoms with E-state index < -0.39 is 5.54 Å². The first-order chi connectivity index (χ1) is 9.07. The summed E-state index contributed by atoms with van der Waals surface area (Å²) in [6.07, 6.45) is 0. The molecule has 102 valence electrons. The van der Waals surface area contributed by atoms with E-state index in [1.165, 1.54) is 0 Å². The Kier molecular flexibility index (Phi) is 4.02. The summed E-state index contributed by atoms with van der Waals surface area (Å²) in [7, 11) is 0. The number of rotatable bonds is 5. The maximum absolute atomic E-state index is 9.72. The largest absolute Gasteiger partial charge is 0.394 e. The number of H-pyrrole nitrogens is 1. The molecule has 0 bridgehead atoms. The number of aromatic amines is 1. The van der Waals surface area contributed by atoms with E-state index in [0.29, 0.717) is 6.54 Å². The molecule has 4 nitrogen and oxygen atoms in total. The lowest BCUT2D eigenvalue weighted by molar-refractivity contribution is 0.173. The second-order valence-corrected chi connectivity index (χ2v) is 5.12. The molecule has 1 unspecified atom stereocenters. The van der Waals surface area contributed by atoms with Crippen LogP contribution in [0.3, 0.4) is 0 Å². The molecule has 0 amide bonds. The van der Waals surface area contributed by atoms with E-state index in [2.05, 4.69) is 15.5 Å². The molecule has 0 radical (unpaired) electrons. The summed E-state index contributed by atoms with van der Waals surface area (Å²) in [6.45, 7) is 6.73. The third-order valence-electron chi connectivity index (χ3n) is 3.66. The van der Waals surface area contributed by atoms with Crippen LogP contribution >= 0.6 is 0 Å². The highest BCUT2D eigenvalue weighted by Gasteiger charge is 2.25. The molecule has 0 aliphatic rings. The first-order valence-electron chi connectivity index (χ1n) is 6.48. The summed E-state index contributed by atoms with van der Waals surface area (Å²) in [4.78, 5) is 0. The number of hydrogen-bond donors (Lipinski definition) is 3. The van der Waals surface area contributed by atoms with Crippen LogP contribution in [0.5, 0.6) is 0 Å². The standard InChI is InChI=1S/C15H21N3O/c1-11-14(12(2)18-17-11)9-16-15(3,10-19)13-7-5-4-6-8-13/h4-8,16,19H,9-10H2,1-3H3,(H,17,18). The summed E-state index contributed by atoms with van der Waals surface area (Å²) in [6, 6.07) is 10.0. The average molecular weight is 259 g/mol. The molecule has 1 aromatic heterocycles. The zero-order valence-electron chi connectivity index (χ0n) is 11.7. The van der Waals surface area contributed by atoms with Crippen molar-refractivity contribution in [2.24, 2.45) is 0 Å². The van der Waals surface area contributed by atoms with Gasteiger partial charge in [0.15, 0.2) is 0 Å². The van der Waals surface area contributed by atoms with Crippen molar-refractivity contribution in [3.05, 3.63) is 52.8 Å². The normalized spacial score (nSPS) is 14.3. The SMILES string of the molecule is Cc1n[nH]c(C)c1CNC(C)(CO)c1ccccc1. The molecule has 0 spiro atoms. The summed E-state index contributed by atoms with van der Waals surface area (Å²) >= 11 is 0. The van der Waals surface area contributed by atoms with E-state index in [9.17, 15) is 5.11 Å². The summed E-state index contributed by atoms with van der Waals surface area (Å²) in [5.74, 6) is 0. The van der Waals surface area contributed by atoms with E-state index in [0.717, 1.165) is 22.5 Å². The predicted octanol–water partition coefficient (Wildman–Crippen LogP) is 2.02. The molecule has 0 aliphatic heterocycles. The van der Waals surface area contributed by atoms with Crippen LogP contribution in [0, 0.1) is 13.8 Å². The molecule has 1 aromatic carbocycles. The summed E-state index contributed by atoms with van der Waals surface area (Å²) < 4.78 is 0. The Bertz CT molecular complexity index is 516. The maximum atomic E-state index is 9.72. The van der Waals surface area contributed by atoms with Crippen molar-refractivity contribution in [2.75, 3.05) is 6.61 Å². The molecule has 1 heterocycles. The molecule has 0 saturated carbocycles. The first-order valence-corrected chi connectivity index (χ1v) is 6.48. The van der Waals surface area contributed by atoms with E-state index in [-0.39, 0.29) is 6.61 Å². The van der Waals surface area contributed by atoms with Gasteiger partial charge in [0.1, 0.15) is 0 Å². The molecule has 3 N–H and O–H groups in total. The highest BCUT2D eigenvalue weighted by molar-refractivity contribution is 5.26. The second kappa shape index (κ2) is 5.55.